The lowest BCUT2D eigenvalue weighted by atomic mass is 10.2. The Balaban J connectivity index is 2.21. The second-order valence-electron chi connectivity index (χ2n) is 6.00. The molecule has 0 aromatic heterocycles. The number of methoxy groups -OCH3 is 1. The summed E-state index contributed by atoms with van der Waals surface area (Å²) in [7, 11) is 1.57. The van der Waals surface area contributed by atoms with Gasteiger partial charge in [-0.15, -0.1) is 0 Å². The fourth-order valence-corrected chi connectivity index (χ4v) is 1.79. The van der Waals surface area contributed by atoms with Gasteiger partial charge >= 0.3 is 12.1 Å². The van der Waals surface area contributed by atoms with Crippen molar-refractivity contribution in [3.05, 3.63) is 29.8 Å². The van der Waals surface area contributed by atoms with Gasteiger partial charge in [0.1, 0.15) is 18.0 Å². The van der Waals surface area contributed by atoms with Crippen molar-refractivity contribution in [2.45, 2.75) is 45.8 Å². The molecule has 0 spiro atoms. The fourth-order valence-electron chi connectivity index (χ4n) is 1.79. The number of para-hydroxylation sites is 1. The molecule has 1 aromatic rings. The van der Waals surface area contributed by atoms with Crippen LogP contribution in [-0.4, -0.2) is 31.3 Å². The zero-order chi connectivity index (χ0) is 17.3. The first-order valence-corrected chi connectivity index (χ1v) is 7.56. The van der Waals surface area contributed by atoms with Crippen LogP contribution < -0.4 is 10.1 Å². The van der Waals surface area contributed by atoms with Gasteiger partial charge < -0.3 is 19.5 Å². The summed E-state index contributed by atoms with van der Waals surface area (Å²) in [6, 6.07) is 7.37. The average Bonchev–Trinajstić information content (AvgIpc) is 2.48. The van der Waals surface area contributed by atoms with Crippen molar-refractivity contribution in [3.8, 4) is 5.75 Å². The van der Waals surface area contributed by atoms with Gasteiger partial charge in [0.05, 0.1) is 7.11 Å². The minimum Gasteiger partial charge on any atom is -0.496 e. The molecular weight excluding hydrogens is 298 g/mol. The van der Waals surface area contributed by atoms with Crippen molar-refractivity contribution in [1.82, 2.24) is 5.32 Å². The second kappa shape index (κ2) is 9.02. The molecule has 0 heterocycles. The van der Waals surface area contributed by atoms with Crippen LogP contribution in [0.5, 0.6) is 5.75 Å². The summed E-state index contributed by atoms with van der Waals surface area (Å²) in [6.45, 7) is 5.91. The third-order valence-corrected chi connectivity index (χ3v) is 2.81. The van der Waals surface area contributed by atoms with Gasteiger partial charge in [-0.05, 0) is 33.3 Å². The molecule has 1 rings (SSSR count). The van der Waals surface area contributed by atoms with Crippen LogP contribution in [0.4, 0.5) is 4.79 Å². The Kier molecular flexibility index (Phi) is 7.38. The van der Waals surface area contributed by atoms with Crippen molar-refractivity contribution in [2.75, 3.05) is 13.7 Å². The highest BCUT2D eigenvalue weighted by molar-refractivity contribution is 5.70. The van der Waals surface area contributed by atoms with Crippen LogP contribution in [-0.2, 0) is 20.9 Å². The van der Waals surface area contributed by atoms with E-state index in [9.17, 15) is 9.59 Å². The van der Waals surface area contributed by atoms with E-state index in [-0.39, 0.29) is 19.0 Å². The molecule has 0 atom stereocenters. The molecule has 1 aromatic carbocycles. The SMILES string of the molecule is COc1ccccc1COC(=O)CCCNC(=O)OC(C)(C)C. The number of carbonyl (C=O) groups is 2. The Hall–Kier alpha value is -2.24. The summed E-state index contributed by atoms with van der Waals surface area (Å²) >= 11 is 0. The molecule has 0 radical (unpaired) electrons. The number of hydrogen-bond donors (Lipinski definition) is 1. The number of amides is 1. The Labute approximate surface area is 137 Å². The van der Waals surface area contributed by atoms with Crippen LogP contribution in [0.15, 0.2) is 24.3 Å². The minimum atomic E-state index is -0.530. The van der Waals surface area contributed by atoms with Crippen molar-refractivity contribution in [3.63, 3.8) is 0 Å². The van der Waals surface area contributed by atoms with E-state index in [1.807, 2.05) is 24.3 Å². The molecule has 1 amide bonds. The molecule has 0 aliphatic heterocycles. The Morgan fingerprint density at radius 1 is 1.17 bits per heavy atom. The van der Waals surface area contributed by atoms with Gasteiger partial charge in [-0.3, -0.25) is 4.79 Å². The lowest BCUT2D eigenvalue weighted by Gasteiger charge is -2.19. The molecule has 23 heavy (non-hydrogen) atoms. The lowest BCUT2D eigenvalue weighted by Crippen LogP contribution is -2.33. The highest BCUT2D eigenvalue weighted by Gasteiger charge is 2.15. The molecule has 0 bridgehead atoms. The van der Waals surface area contributed by atoms with Gasteiger partial charge in [0.2, 0.25) is 0 Å². The quantitative estimate of drug-likeness (QED) is 0.616. The fraction of sp³-hybridized carbons (Fsp3) is 0.529. The number of nitrogens with one attached hydrogen (secondary N) is 1. The lowest BCUT2D eigenvalue weighted by molar-refractivity contribution is -0.145. The highest BCUT2D eigenvalue weighted by Crippen LogP contribution is 2.18. The highest BCUT2D eigenvalue weighted by atomic mass is 16.6. The van der Waals surface area contributed by atoms with Gasteiger partial charge in [0.15, 0.2) is 0 Å². The van der Waals surface area contributed by atoms with Crippen molar-refractivity contribution < 1.29 is 23.8 Å². The topological polar surface area (TPSA) is 73.9 Å². The smallest absolute Gasteiger partial charge is 0.407 e. The van der Waals surface area contributed by atoms with Gasteiger partial charge in [-0.1, -0.05) is 18.2 Å². The van der Waals surface area contributed by atoms with Crippen LogP contribution in [0.25, 0.3) is 0 Å². The van der Waals surface area contributed by atoms with Crippen molar-refractivity contribution in [2.24, 2.45) is 0 Å². The summed E-state index contributed by atoms with van der Waals surface area (Å²) in [5, 5.41) is 2.60. The third-order valence-electron chi connectivity index (χ3n) is 2.81. The zero-order valence-electron chi connectivity index (χ0n) is 14.2. The normalized spacial score (nSPS) is 10.8. The third kappa shape index (κ3) is 8.09. The summed E-state index contributed by atoms with van der Waals surface area (Å²) in [6.07, 6.45) is 0.231. The number of ether oxygens (including phenoxy) is 3. The van der Waals surface area contributed by atoms with E-state index < -0.39 is 11.7 Å². The molecule has 0 saturated heterocycles. The van der Waals surface area contributed by atoms with Gasteiger partial charge in [-0.2, -0.15) is 0 Å². The van der Waals surface area contributed by atoms with E-state index >= 15 is 0 Å². The van der Waals surface area contributed by atoms with Crippen LogP contribution >= 0.6 is 0 Å². The zero-order valence-corrected chi connectivity index (χ0v) is 14.2. The van der Waals surface area contributed by atoms with E-state index in [1.54, 1.807) is 27.9 Å². The first-order chi connectivity index (χ1) is 10.8. The first-order valence-electron chi connectivity index (χ1n) is 7.56. The number of carbonyl (C=O) groups excluding carboxylic acids is 2. The van der Waals surface area contributed by atoms with Crippen LogP contribution in [0, 0.1) is 0 Å². The molecule has 0 unspecified atom stereocenters. The Bertz CT molecular complexity index is 522. The van der Waals surface area contributed by atoms with Crippen LogP contribution in [0.3, 0.4) is 0 Å². The van der Waals surface area contributed by atoms with E-state index in [4.69, 9.17) is 14.2 Å². The maximum absolute atomic E-state index is 11.7. The molecule has 6 heteroatoms. The maximum atomic E-state index is 11.7. The molecule has 0 fully saturated rings. The molecule has 128 valence electrons. The minimum absolute atomic E-state index is 0.169. The molecule has 6 nitrogen and oxygen atoms in total. The number of benzene rings is 1. The molecule has 0 saturated carbocycles. The number of hydrogen-bond acceptors (Lipinski definition) is 5. The average molecular weight is 323 g/mol. The molecule has 0 aliphatic carbocycles. The van der Waals surface area contributed by atoms with Gasteiger partial charge in [-0.25, -0.2) is 4.79 Å². The summed E-state index contributed by atoms with van der Waals surface area (Å²) in [5.74, 6) is 0.369. The van der Waals surface area contributed by atoms with Gasteiger partial charge in [0.25, 0.3) is 0 Å². The Morgan fingerprint density at radius 3 is 2.52 bits per heavy atom. The standard InChI is InChI=1S/C17H25NO5/c1-17(2,3)23-16(20)18-11-7-10-15(19)22-12-13-8-5-6-9-14(13)21-4/h5-6,8-9H,7,10-12H2,1-4H3,(H,18,20). The predicted octanol–water partition coefficient (Wildman–Crippen LogP) is 3.04. The monoisotopic (exact) mass is 323 g/mol. The largest absolute Gasteiger partial charge is 0.496 e. The Morgan fingerprint density at radius 2 is 1.87 bits per heavy atom. The first kappa shape index (κ1) is 18.8. The molecular formula is C17H25NO5. The van der Waals surface area contributed by atoms with Crippen molar-refractivity contribution in [1.29, 1.82) is 0 Å². The molecule has 0 aliphatic rings. The summed E-state index contributed by atoms with van der Waals surface area (Å²) in [5.41, 5.74) is 0.285. The van der Waals surface area contributed by atoms with E-state index in [1.165, 1.54) is 0 Å². The van der Waals surface area contributed by atoms with Gasteiger partial charge in [0, 0.05) is 18.5 Å². The number of rotatable bonds is 7. The van der Waals surface area contributed by atoms with Crippen molar-refractivity contribution >= 4 is 12.1 Å². The van der Waals surface area contributed by atoms with E-state index in [0.717, 1.165) is 5.56 Å². The van der Waals surface area contributed by atoms with E-state index in [0.29, 0.717) is 18.7 Å². The van der Waals surface area contributed by atoms with Crippen LogP contribution in [0.1, 0.15) is 39.2 Å². The van der Waals surface area contributed by atoms with E-state index in [2.05, 4.69) is 5.32 Å². The predicted molar refractivity (Wildman–Crippen MR) is 86.3 cm³/mol. The number of esters is 1. The summed E-state index contributed by atoms with van der Waals surface area (Å²) < 4.78 is 15.5. The molecule has 1 N–H and O–H groups in total. The second-order valence-corrected chi connectivity index (χ2v) is 6.00. The summed E-state index contributed by atoms with van der Waals surface area (Å²) in [4.78, 5) is 23.1. The van der Waals surface area contributed by atoms with Crippen LogP contribution in [0.2, 0.25) is 0 Å². The number of alkyl carbamates (subject to hydrolysis) is 1. The maximum Gasteiger partial charge on any atom is 0.407 e.